The Morgan fingerprint density at radius 1 is 0.588 bits per heavy atom. The van der Waals surface area contributed by atoms with Gasteiger partial charge in [-0.25, -0.2) is 0 Å². The standard InChI is InChI=1S/C15H32.2CH4/c1-4-6-7-8-9-10-11-12-14-15(3)13-5-2;;/h15H,4-14H2,1-3H3;2*1H4. The summed E-state index contributed by atoms with van der Waals surface area (Å²) in [5.74, 6) is 0.968. The van der Waals surface area contributed by atoms with Gasteiger partial charge in [-0.15, -0.1) is 0 Å². The third-order valence-electron chi connectivity index (χ3n) is 3.33. The van der Waals surface area contributed by atoms with Crippen LogP contribution in [0.3, 0.4) is 0 Å². The summed E-state index contributed by atoms with van der Waals surface area (Å²) in [5.41, 5.74) is 0. The molecular formula is C17H40. The lowest BCUT2D eigenvalue weighted by Crippen LogP contribution is -1.93. The quantitative estimate of drug-likeness (QED) is 0.336. The second kappa shape index (κ2) is 18.4. The summed E-state index contributed by atoms with van der Waals surface area (Å²) in [7, 11) is 0. The molecule has 0 aromatic heterocycles. The van der Waals surface area contributed by atoms with Gasteiger partial charge in [-0.3, -0.25) is 0 Å². The summed E-state index contributed by atoms with van der Waals surface area (Å²) < 4.78 is 0. The predicted octanol–water partition coefficient (Wildman–Crippen LogP) is 7.23. The fraction of sp³-hybridized carbons (Fsp3) is 1.00. The summed E-state index contributed by atoms with van der Waals surface area (Å²) in [5, 5.41) is 0. The number of unbranched alkanes of at least 4 members (excludes halogenated alkanes) is 7. The van der Waals surface area contributed by atoms with Gasteiger partial charge in [0.2, 0.25) is 0 Å². The van der Waals surface area contributed by atoms with Gasteiger partial charge < -0.3 is 0 Å². The maximum absolute atomic E-state index is 2.41. The monoisotopic (exact) mass is 244 g/mol. The smallest absolute Gasteiger partial charge is 0.0443 e. The van der Waals surface area contributed by atoms with Crippen LogP contribution >= 0.6 is 0 Å². The Morgan fingerprint density at radius 3 is 1.53 bits per heavy atom. The average molecular weight is 245 g/mol. The first kappa shape index (κ1) is 22.2. The van der Waals surface area contributed by atoms with Crippen molar-refractivity contribution in [2.45, 2.75) is 106 Å². The van der Waals surface area contributed by atoms with Crippen molar-refractivity contribution in [2.24, 2.45) is 5.92 Å². The van der Waals surface area contributed by atoms with Crippen LogP contribution in [0.5, 0.6) is 0 Å². The second-order valence-corrected chi connectivity index (χ2v) is 5.16. The molecule has 1 unspecified atom stereocenters. The van der Waals surface area contributed by atoms with Crippen molar-refractivity contribution < 1.29 is 0 Å². The molecule has 0 bridgehead atoms. The van der Waals surface area contributed by atoms with E-state index in [1.807, 2.05) is 0 Å². The molecule has 0 saturated heterocycles. The van der Waals surface area contributed by atoms with Crippen LogP contribution in [0.15, 0.2) is 0 Å². The minimum absolute atomic E-state index is 0. The van der Waals surface area contributed by atoms with E-state index in [-0.39, 0.29) is 14.9 Å². The Kier molecular flexibility index (Phi) is 24.0. The summed E-state index contributed by atoms with van der Waals surface area (Å²) in [4.78, 5) is 0. The van der Waals surface area contributed by atoms with Crippen molar-refractivity contribution in [1.82, 2.24) is 0 Å². The lowest BCUT2D eigenvalue weighted by Gasteiger charge is -2.09. The number of hydrogen-bond donors (Lipinski definition) is 0. The molecule has 0 nitrogen and oxygen atoms in total. The normalized spacial score (nSPS) is 11.5. The van der Waals surface area contributed by atoms with Crippen LogP contribution in [0.25, 0.3) is 0 Å². The van der Waals surface area contributed by atoms with Gasteiger partial charge in [-0.2, -0.15) is 0 Å². The molecule has 0 fully saturated rings. The van der Waals surface area contributed by atoms with Gasteiger partial charge in [0.1, 0.15) is 0 Å². The first-order chi connectivity index (χ1) is 7.31. The van der Waals surface area contributed by atoms with Crippen LogP contribution in [0.1, 0.15) is 106 Å². The van der Waals surface area contributed by atoms with E-state index >= 15 is 0 Å². The van der Waals surface area contributed by atoms with Gasteiger partial charge in [0, 0.05) is 0 Å². The molecule has 0 aromatic rings. The average Bonchev–Trinajstić information content (AvgIpc) is 2.22. The molecule has 0 amide bonds. The first-order valence-electron chi connectivity index (χ1n) is 7.31. The summed E-state index contributed by atoms with van der Waals surface area (Å²) in [6, 6.07) is 0. The molecular weight excluding hydrogens is 204 g/mol. The van der Waals surface area contributed by atoms with Crippen LogP contribution in [0.2, 0.25) is 0 Å². The molecule has 0 aliphatic carbocycles. The van der Waals surface area contributed by atoms with Crippen LogP contribution in [-0.2, 0) is 0 Å². The maximum atomic E-state index is 2.41. The van der Waals surface area contributed by atoms with Gasteiger partial charge in [0.05, 0.1) is 0 Å². The molecule has 0 rings (SSSR count). The lowest BCUT2D eigenvalue weighted by molar-refractivity contribution is 0.450. The molecule has 1 atom stereocenters. The number of hydrogen-bond acceptors (Lipinski definition) is 0. The highest BCUT2D eigenvalue weighted by atomic mass is 14.1. The molecule has 0 saturated carbocycles. The Labute approximate surface area is 113 Å². The fourth-order valence-electron chi connectivity index (χ4n) is 2.26. The fourth-order valence-corrected chi connectivity index (χ4v) is 2.26. The van der Waals surface area contributed by atoms with E-state index in [0.29, 0.717) is 0 Å². The van der Waals surface area contributed by atoms with Crippen molar-refractivity contribution in [1.29, 1.82) is 0 Å². The number of rotatable bonds is 11. The van der Waals surface area contributed by atoms with Crippen LogP contribution in [0, 0.1) is 5.92 Å². The van der Waals surface area contributed by atoms with Crippen molar-refractivity contribution in [3.8, 4) is 0 Å². The molecule has 0 N–H and O–H groups in total. The molecule has 0 heterocycles. The molecule has 17 heavy (non-hydrogen) atoms. The minimum atomic E-state index is 0. The Bertz CT molecular complexity index is 107. The predicted molar refractivity (Wildman–Crippen MR) is 84.8 cm³/mol. The Morgan fingerprint density at radius 2 is 1.06 bits per heavy atom. The van der Waals surface area contributed by atoms with Crippen molar-refractivity contribution in [3.63, 3.8) is 0 Å². The second-order valence-electron chi connectivity index (χ2n) is 5.16. The summed E-state index contributed by atoms with van der Waals surface area (Å²) >= 11 is 0. The van der Waals surface area contributed by atoms with E-state index in [4.69, 9.17) is 0 Å². The van der Waals surface area contributed by atoms with E-state index in [1.165, 1.54) is 70.6 Å². The molecule has 0 heteroatoms. The molecule has 0 aliphatic rings. The molecule has 0 radical (unpaired) electrons. The molecule has 0 spiro atoms. The van der Waals surface area contributed by atoms with E-state index in [1.54, 1.807) is 0 Å². The van der Waals surface area contributed by atoms with Gasteiger partial charge in [0.15, 0.2) is 0 Å². The zero-order chi connectivity index (χ0) is 11.4. The zero-order valence-electron chi connectivity index (χ0n) is 11.4. The molecule has 108 valence electrons. The van der Waals surface area contributed by atoms with Crippen LogP contribution < -0.4 is 0 Å². The third-order valence-corrected chi connectivity index (χ3v) is 3.33. The molecule has 0 aliphatic heterocycles. The van der Waals surface area contributed by atoms with Gasteiger partial charge in [0.25, 0.3) is 0 Å². The third kappa shape index (κ3) is 18.6. The molecule has 0 aromatic carbocycles. The van der Waals surface area contributed by atoms with Crippen LogP contribution in [-0.4, -0.2) is 0 Å². The SMILES string of the molecule is C.C.CCCCCCCCCCC(C)CCC. The highest BCUT2D eigenvalue weighted by Gasteiger charge is 1.99. The van der Waals surface area contributed by atoms with E-state index in [9.17, 15) is 0 Å². The van der Waals surface area contributed by atoms with Crippen molar-refractivity contribution in [2.75, 3.05) is 0 Å². The van der Waals surface area contributed by atoms with E-state index < -0.39 is 0 Å². The van der Waals surface area contributed by atoms with E-state index in [0.717, 1.165) is 5.92 Å². The van der Waals surface area contributed by atoms with Gasteiger partial charge in [-0.05, 0) is 5.92 Å². The van der Waals surface area contributed by atoms with Crippen molar-refractivity contribution >= 4 is 0 Å². The summed E-state index contributed by atoms with van der Waals surface area (Å²) in [6.07, 6.45) is 15.9. The maximum Gasteiger partial charge on any atom is -0.0443 e. The minimum Gasteiger partial charge on any atom is -0.0776 e. The first-order valence-corrected chi connectivity index (χ1v) is 7.31. The van der Waals surface area contributed by atoms with Gasteiger partial charge >= 0.3 is 0 Å². The van der Waals surface area contributed by atoms with Gasteiger partial charge in [-0.1, -0.05) is 106 Å². The Balaban J connectivity index is -0.000000980. The van der Waals surface area contributed by atoms with Crippen LogP contribution in [0.4, 0.5) is 0 Å². The zero-order valence-corrected chi connectivity index (χ0v) is 11.4. The highest BCUT2D eigenvalue weighted by molar-refractivity contribution is 4.53. The summed E-state index contributed by atoms with van der Waals surface area (Å²) in [6.45, 7) is 6.99. The topological polar surface area (TPSA) is 0 Å². The highest BCUT2D eigenvalue weighted by Crippen LogP contribution is 2.16. The largest absolute Gasteiger partial charge is 0.0776 e. The van der Waals surface area contributed by atoms with E-state index in [2.05, 4.69) is 20.8 Å². The Hall–Kier alpha value is 0. The lowest BCUT2D eigenvalue weighted by atomic mass is 9.98. The van der Waals surface area contributed by atoms with Crippen molar-refractivity contribution in [3.05, 3.63) is 0 Å².